The van der Waals surface area contributed by atoms with Gasteiger partial charge in [-0.1, -0.05) is 36.2 Å². The number of pyridine rings is 1. The molecule has 0 atom stereocenters. The third kappa shape index (κ3) is 4.18. The van der Waals surface area contributed by atoms with Crippen LogP contribution < -0.4 is 0 Å². The van der Waals surface area contributed by atoms with Crippen LogP contribution in [0.4, 0.5) is 0 Å². The number of benzene rings is 1. The van der Waals surface area contributed by atoms with Gasteiger partial charge in [-0.05, 0) is 37.6 Å². The van der Waals surface area contributed by atoms with E-state index in [1.54, 1.807) is 0 Å². The second kappa shape index (κ2) is 7.24. The van der Waals surface area contributed by atoms with Crippen molar-refractivity contribution in [3.05, 3.63) is 53.3 Å². The fourth-order valence-electron chi connectivity index (χ4n) is 3.40. The summed E-state index contributed by atoms with van der Waals surface area (Å²) in [6.45, 7) is 13.4. The van der Waals surface area contributed by atoms with Crippen molar-refractivity contribution < 1.29 is 0 Å². The molecule has 3 heteroatoms. The van der Waals surface area contributed by atoms with Gasteiger partial charge in [0.25, 0.3) is 0 Å². The fourth-order valence-corrected chi connectivity index (χ4v) is 3.40. The second-order valence-corrected chi connectivity index (χ2v) is 6.67. The third-order valence-corrected chi connectivity index (χ3v) is 4.67. The van der Waals surface area contributed by atoms with E-state index in [1.165, 1.54) is 40.9 Å². The average molecular weight is 309 g/mol. The van der Waals surface area contributed by atoms with E-state index < -0.39 is 0 Å². The maximum absolute atomic E-state index is 4.48. The largest absolute Gasteiger partial charge is 0.301 e. The molecule has 0 N–H and O–H groups in total. The number of piperazine rings is 1. The molecule has 2 heterocycles. The summed E-state index contributed by atoms with van der Waals surface area (Å²) in [5, 5.41) is 0. The number of hydrogen-bond donors (Lipinski definition) is 0. The van der Waals surface area contributed by atoms with Gasteiger partial charge in [0.05, 0.1) is 0 Å². The molecule has 0 saturated carbocycles. The predicted octanol–water partition coefficient (Wildman–Crippen LogP) is 3.50. The zero-order valence-electron chi connectivity index (χ0n) is 14.5. The Morgan fingerprint density at radius 2 is 1.48 bits per heavy atom. The highest BCUT2D eigenvalue weighted by atomic mass is 15.3. The van der Waals surface area contributed by atoms with E-state index in [4.69, 9.17) is 0 Å². The van der Waals surface area contributed by atoms with Crippen molar-refractivity contribution in [3.8, 4) is 11.1 Å². The molecular formula is C20H27N3. The van der Waals surface area contributed by atoms with Crippen molar-refractivity contribution in [2.24, 2.45) is 0 Å². The maximum atomic E-state index is 4.48. The molecule has 3 rings (SSSR count). The highest BCUT2D eigenvalue weighted by Crippen LogP contribution is 2.23. The Morgan fingerprint density at radius 1 is 0.826 bits per heavy atom. The summed E-state index contributed by atoms with van der Waals surface area (Å²) in [7, 11) is 0. The van der Waals surface area contributed by atoms with E-state index in [1.807, 2.05) is 12.4 Å². The Labute approximate surface area is 140 Å². The first-order chi connectivity index (χ1) is 11.1. The molecule has 1 fully saturated rings. The third-order valence-electron chi connectivity index (χ3n) is 4.67. The molecule has 0 aliphatic carbocycles. The summed E-state index contributed by atoms with van der Waals surface area (Å²) in [5.74, 6) is 0. The molecule has 122 valence electrons. The van der Waals surface area contributed by atoms with Gasteiger partial charge in [0.1, 0.15) is 0 Å². The lowest BCUT2D eigenvalue weighted by Crippen LogP contribution is -2.45. The van der Waals surface area contributed by atoms with E-state index in [0.29, 0.717) is 0 Å². The minimum atomic E-state index is 1.00. The number of likely N-dealkylation sites (N-methyl/N-ethyl adjacent to an activating group) is 1. The molecule has 1 aliphatic rings. The number of hydrogen-bond acceptors (Lipinski definition) is 3. The Balaban J connectivity index is 1.73. The zero-order valence-corrected chi connectivity index (χ0v) is 14.5. The van der Waals surface area contributed by atoms with Crippen molar-refractivity contribution in [2.45, 2.75) is 27.3 Å². The first-order valence-corrected chi connectivity index (χ1v) is 8.61. The Kier molecular flexibility index (Phi) is 5.09. The van der Waals surface area contributed by atoms with Crippen molar-refractivity contribution in [1.82, 2.24) is 14.8 Å². The molecule has 1 aliphatic heterocycles. The highest BCUT2D eigenvalue weighted by molar-refractivity contribution is 5.64. The highest BCUT2D eigenvalue weighted by Gasteiger charge is 2.15. The molecule has 2 aromatic rings. The van der Waals surface area contributed by atoms with Crippen LogP contribution in [0, 0.1) is 13.8 Å². The zero-order chi connectivity index (χ0) is 16.2. The van der Waals surface area contributed by atoms with Gasteiger partial charge in [-0.2, -0.15) is 0 Å². The number of aryl methyl sites for hydroxylation is 2. The lowest BCUT2D eigenvalue weighted by atomic mass is 10.0. The molecule has 3 nitrogen and oxygen atoms in total. The molecule has 0 unspecified atom stereocenters. The standard InChI is InChI=1S/C20H27N3/c1-4-22-5-7-23(8-6-22)15-18-12-20(14-21-13-18)19-10-16(2)9-17(3)11-19/h9-14H,4-8,15H2,1-3H3. The Morgan fingerprint density at radius 3 is 2.13 bits per heavy atom. The predicted molar refractivity (Wildman–Crippen MR) is 96.5 cm³/mol. The van der Waals surface area contributed by atoms with Gasteiger partial charge in [-0.25, -0.2) is 0 Å². The molecule has 0 amide bonds. The monoisotopic (exact) mass is 309 g/mol. The van der Waals surface area contributed by atoms with Crippen molar-refractivity contribution in [3.63, 3.8) is 0 Å². The second-order valence-electron chi connectivity index (χ2n) is 6.67. The first-order valence-electron chi connectivity index (χ1n) is 8.61. The summed E-state index contributed by atoms with van der Waals surface area (Å²) < 4.78 is 0. The van der Waals surface area contributed by atoms with Crippen LogP contribution >= 0.6 is 0 Å². The maximum Gasteiger partial charge on any atom is 0.0346 e. The lowest BCUT2D eigenvalue weighted by molar-refractivity contribution is 0.132. The molecule has 1 saturated heterocycles. The van der Waals surface area contributed by atoms with Crippen LogP contribution in [0.3, 0.4) is 0 Å². The summed E-state index contributed by atoms with van der Waals surface area (Å²) in [6.07, 6.45) is 3.99. The topological polar surface area (TPSA) is 19.4 Å². The van der Waals surface area contributed by atoms with Gasteiger partial charge in [0, 0.05) is 50.7 Å². The van der Waals surface area contributed by atoms with E-state index in [0.717, 1.165) is 26.2 Å². The molecule has 0 radical (unpaired) electrons. The molecular weight excluding hydrogens is 282 g/mol. The average Bonchev–Trinajstić information content (AvgIpc) is 2.55. The van der Waals surface area contributed by atoms with Crippen LogP contribution in [-0.2, 0) is 6.54 Å². The fraction of sp³-hybridized carbons (Fsp3) is 0.450. The summed E-state index contributed by atoms with van der Waals surface area (Å²) in [4.78, 5) is 9.53. The molecule has 1 aromatic heterocycles. The molecule has 0 bridgehead atoms. The van der Waals surface area contributed by atoms with Crippen LogP contribution in [0.1, 0.15) is 23.6 Å². The van der Waals surface area contributed by atoms with E-state index in [-0.39, 0.29) is 0 Å². The van der Waals surface area contributed by atoms with Gasteiger partial charge < -0.3 is 4.90 Å². The van der Waals surface area contributed by atoms with Crippen LogP contribution in [0.2, 0.25) is 0 Å². The van der Waals surface area contributed by atoms with Crippen molar-refractivity contribution in [2.75, 3.05) is 32.7 Å². The van der Waals surface area contributed by atoms with Crippen molar-refractivity contribution >= 4 is 0 Å². The normalized spacial score (nSPS) is 16.7. The van der Waals surface area contributed by atoms with Gasteiger partial charge in [0.15, 0.2) is 0 Å². The summed E-state index contributed by atoms with van der Waals surface area (Å²) >= 11 is 0. The van der Waals surface area contributed by atoms with Crippen LogP contribution in [0.15, 0.2) is 36.7 Å². The van der Waals surface area contributed by atoms with Crippen molar-refractivity contribution in [1.29, 1.82) is 0 Å². The van der Waals surface area contributed by atoms with Gasteiger partial charge in [0.2, 0.25) is 0 Å². The van der Waals surface area contributed by atoms with Gasteiger partial charge in [-0.15, -0.1) is 0 Å². The smallest absolute Gasteiger partial charge is 0.0346 e. The van der Waals surface area contributed by atoms with E-state index >= 15 is 0 Å². The number of aromatic nitrogens is 1. The quantitative estimate of drug-likeness (QED) is 0.861. The van der Waals surface area contributed by atoms with Crippen LogP contribution in [-0.4, -0.2) is 47.5 Å². The van der Waals surface area contributed by atoms with Gasteiger partial charge >= 0.3 is 0 Å². The van der Waals surface area contributed by atoms with Crippen LogP contribution in [0.25, 0.3) is 11.1 Å². The SMILES string of the molecule is CCN1CCN(Cc2cncc(-c3cc(C)cc(C)c3)c2)CC1. The van der Waals surface area contributed by atoms with E-state index in [2.05, 4.69) is 59.8 Å². The molecule has 1 aromatic carbocycles. The Hall–Kier alpha value is -1.71. The summed E-state index contributed by atoms with van der Waals surface area (Å²) in [6, 6.07) is 9.00. The minimum absolute atomic E-state index is 1.00. The first kappa shape index (κ1) is 16.2. The minimum Gasteiger partial charge on any atom is -0.301 e. The molecule has 0 spiro atoms. The van der Waals surface area contributed by atoms with Gasteiger partial charge in [-0.3, -0.25) is 9.88 Å². The number of rotatable bonds is 4. The molecule has 23 heavy (non-hydrogen) atoms. The number of nitrogens with zero attached hydrogens (tertiary/aromatic N) is 3. The van der Waals surface area contributed by atoms with E-state index in [9.17, 15) is 0 Å². The lowest BCUT2D eigenvalue weighted by Gasteiger charge is -2.34. The van der Waals surface area contributed by atoms with Crippen LogP contribution in [0.5, 0.6) is 0 Å². The summed E-state index contributed by atoms with van der Waals surface area (Å²) in [5.41, 5.74) is 6.42. The Bertz CT molecular complexity index is 637.